The molecule has 5 rings (SSSR count). The molecule has 0 saturated carbocycles. The predicted octanol–water partition coefficient (Wildman–Crippen LogP) is -0.696. The van der Waals surface area contributed by atoms with Crippen LogP contribution in [-0.4, -0.2) is 75.9 Å². The molecule has 1 aliphatic rings. The van der Waals surface area contributed by atoms with E-state index in [-0.39, 0.29) is 18.3 Å². The molecule has 1 fully saturated rings. The number of aromatic nitrogens is 8. The maximum atomic E-state index is 8.94. The lowest BCUT2D eigenvalue weighted by molar-refractivity contribution is 0.00578. The third-order valence-corrected chi connectivity index (χ3v) is 5.79. The lowest BCUT2D eigenvalue weighted by atomic mass is 9.79. The minimum atomic E-state index is -1.48. The van der Waals surface area contributed by atoms with Gasteiger partial charge in [-0.1, -0.05) is 24.3 Å². The third-order valence-electron chi connectivity index (χ3n) is 5.79. The average molecular weight is 462 g/mol. The molecule has 12 nitrogen and oxygen atoms in total. The maximum Gasteiger partial charge on any atom is 0.494 e. The van der Waals surface area contributed by atoms with Gasteiger partial charge in [0.25, 0.3) is 0 Å². The lowest BCUT2D eigenvalue weighted by Crippen LogP contribution is -2.41. The van der Waals surface area contributed by atoms with Gasteiger partial charge in [-0.2, -0.15) is 0 Å². The Hall–Kier alpha value is -3.45. The van der Waals surface area contributed by atoms with Crippen LogP contribution in [0, 0.1) is 0 Å². The molecule has 0 aliphatic carbocycles. The highest BCUT2D eigenvalue weighted by Crippen LogP contribution is 2.36. The summed E-state index contributed by atoms with van der Waals surface area (Å²) in [5, 5.41) is 39.7. The molecule has 4 aromatic rings. The van der Waals surface area contributed by atoms with Crippen molar-refractivity contribution in [2.75, 3.05) is 0 Å². The summed E-state index contributed by atoms with van der Waals surface area (Å²) >= 11 is 0. The molecule has 0 spiro atoms. The maximum absolute atomic E-state index is 8.94. The first-order chi connectivity index (χ1) is 16.2. The van der Waals surface area contributed by atoms with Crippen molar-refractivity contribution in [2.24, 2.45) is 0 Å². The van der Waals surface area contributed by atoms with Gasteiger partial charge in [0.1, 0.15) is 12.7 Å². The van der Waals surface area contributed by atoms with Gasteiger partial charge in [0.2, 0.25) is 0 Å². The van der Waals surface area contributed by atoms with Gasteiger partial charge in [-0.25, -0.2) is 9.36 Å². The van der Waals surface area contributed by atoms with Gasteiger partial charge in [-0.15, -0.1) is 10.2 Å². The second-order valence-corrected chi connectivity index (χ2v) is 8.66. The SMILES string of the molecule is CC1(C)OB(c2cccc(-n3cnnn3)c2)OC1(C)C.OB(O)c1cccc(-n2cnnn2)c1. The molecule has 0 bridgehead atoms. The molecule has 1 saturated heterocycles. The van der Waals surface area contributed by atoms with Crippen molar-refractivity contribution < 1.29 is 19.4 Å². The van der Waals surface area contributed by atoms with Gasteiger partial charge in [0.15, 0.2) is 0 Å². The summed E-state index contributed by atoms with van der Waals surface area (Å²) in [6.07, 6.45) is 2.99. The van der Waals surface area contributed by atoms with E-state index in [1.807, 2.05) is 52.0 Å². The molecule has 174 valence electrons. The zero-order chi connectivity index (χ0) is 24.3. The summed E-state index contributed by atoms with van der Waals surface area (Å²) in [4.78, 5) is 0. The fourth-order valence-corrected chi connectivity index (χ4v) is 3.18. The van der Waals surface area contributed by atoms with E-state index in [2.05, 4.69) is 31.1 Å². The standard InChI is InChI=1S/C13H17BN4O2.C7H7BN4O2/c1-12(2)13(3,4)20-14(19-12)10-6-5-7-11(8-10)18-9-15-16-17-18;13-8(14)6-2-1-3-7(4-6)12-5-9-10-11-12/h5-9H,1-4H3;1-5,13-14H. The molecule has 3 heterocycles. The molecule has 14 heteroatoms. The smallest absolute Gasteiger partial charge is 0.423 e. The summed E-state index contributed by atoms with van der Waals surface area (Å²) < 4.78 is 15.1. The van der Waals surface area contributed by atoms with Crippen LogP contribution in [0.2, 0.25) is 0 Å². The first-order valence-electron chi connectivity index (χ1n) is 10.5. The Morgan fingerprint density at radius 2 is 1.32 bits per heavy atom. The topological polar surface area (TPSA) is 146 Å². The van der Waals surface area contributed by atoms with E-state index in [1.165, 1.54) is 11.0 Å². The number of rotatable bonds is 4. The molecule has 0 radical (unpaired) electrons. The van der Waals surface area contributed by atoms with Crippen LogP contribution >= 0.6 is 0 Å². The predicted molar refractivity (Wildman–Crippen MR) is 124 cm³/mol. The summed E-state index contributed by atoms with van der Waals surface area (Å²) in [6.45, 7) is 8.16. The van der Waals surface area contributed by atoms with E-state index in [0.29, 0.717) is 11.2 Å². The molecule has 34 heavy (non-hydrogen) atoms. The van der Waals surface area contributed by atoms with Crippen LogP contribution in [0.5, 0.6) is 0 Å². The monoisotopic (exact) mass is 462 g/mol. The number of hydrogen-bond donors (Lipinski definition) is 2. The van der Waals surface area contributed by atoms with Gasteiger partial charge in [-0.3, -0.25) is 0 Å². The minimum absolute atomic E-state index is 0.345. The van der Waals surface area contributed by atoms with Crippen molar-refractivity contribution in [3.05, 3.63) is 61.2 Å². The molecule has 2 N–H and O–H groups in total. The number of hydrogen-bond acceptors (Lipinski definition) is 10. The first kappa shape index (κ1) is 23.7. The highest BCUT2D eigenvalue weighted by Gasteiger charge is 2.51. The Bertz CT molecular complexity index is 1200. The number of benzene rings is 2. The third kappa shape index (κ3) is 5.04. The van der Waals surface area contributed by atoms with Gasteiger partial charge >= 0.3 is 14.2 Å². The molecule has 2 aromatic heterocycles. The lowest BCUT2D eigenvalue weighted by Gasteiger charge is -2.32. The van der Waals surface area contributed by atoms with E-state index >= 15 is 0 Å². The van der Waals surface area contributed by atoms with E-state index in [4.69, 9.17) is 19.4 Å². The van der Waals surface area contributed by atoms with Crippen LogP contribution < -0.4 is 10.9 Å². The first-order valence-corrected chi connectivity index (χ1v) is 10.5. The molecule has 1 aliphatic heterocycles. The summed E-state index contributed by atoms with van der Waals surface area (Å²) in [5.41, 5.74) is 2.22. The molecule has 0 unspecified atom stereocenters. The van der Waals surface area contributed by atoms with E-state index in [0.717, 1.165) is 11.2 Å². The van der Waals surface area contributed by atoms with Crippen LogP contribution in [0.25, 0.3) is 11.4 Å². The Labute approximate surface area is 196 Å². The minimum Gasteiger partial charge on any atom is -0.423 e. The quantitative estimate of drug-likeness (QED) is 0.374. The zero-order valence-electron chi connectivity index (χ0n) is 19.2. The van der Waals surface area contributed by atoms with Crippen molar-refractivity contribution in [2.45, 2.75) is 38.9 Å². The Balaban J connectivity index is 0.000000172. The van der Waals surface area contributed by atoms with Crippen molar-refractivity contribution in [1.29, 1.82) is 0 Å². The van der Waals surface area contributed by atoms with Crippen molar-refractivity contribution in [3.8, 4) is 11.4 Å². The highest BCUT2D eigenvalue weighted by molar-refractivity contribution is 6.62. The molecular weight excluding hydrogens is 438 g/mol. The van der Waals surface area contributed by atoms with Crippen LogP contribution in [0.4, 0.5) is 0 Å². The Morgan fingerprint density at radius 3 is 1.82 bits per heavy atom. The summed E-state index contributed by atoms with van der Waals surface area (Å²) in [6, 6.07) is 14.5. The normalized spacial score (nSPS) is 16.1. The fourth-order valence-electron chi connectivity index (χ4n) is 3.18. The van der Waals surface area contributed by atoms with E-state index in [9.17, 15) is 0 Å². The zero-order valence-corrected chi connectivity index (χ0v) is 19.2. The Morgan fingerprint density at radius 1 is 0.794 bits per heavy atom. The van der Waals surface area contributed by atoms with Gasteiger partial charge in [0.05, 0.1) is 22.6 Å². The van der Waals surface area contributed by atoms with Gasteiger partial charge in [0, 0.05) is 0 Å². The fraction of sp³-hybridized carbons (Fsp3) is 0.300. The van der Waals surface area contributed by atoms with Crippen molar-refractivity contribution in [1.82, 2.24) is 40.4 Å². The van der Waals surface area contributed by atoms with Crippen LogP contribution in [0.15, 0.2) is 61.2 Å². The van der Waals surface area contributed by atoms with E-state index in [1.54, 1.807) is 35.3 Å². The van der Waals surface area contributed by atoms with Crippen molar-refractivity contribution >= 4 is 25.2 Å². The number of nitrogens with zero attached hydrogens (tertiary/aromatic N) is 8. The summed E-state index contributed by atoms with van der Waals surface area (Å²) in [5.74, 6) is 0. The molecule has 0 amide bonds. The molecule has 2 aromatic carbocycles. The largest absolute Gasteiger partial charge is 0.494 e. The second kappa shape index (κ2) is 9.43. The average Bonchev–Trinajstić information content (AvgIpc) is 3.56. The molecular formula is C20H24B2N8O4. The van der Waals surface area contributed by atoms with Gasteiger partial charge in [-0.05, 0) is 83.7 Å². The van der Waals surface area contributed by atoms with Gasteiger partial charge < -0.3 is 19.4 Å². The summed E-state index contributed by atoms with van der Waals surface area (Å²) in [7, 11) is -1.86. The second-order valence-electron chi connectivity index (χ2n) is 8.66. The van der Waals surface area contributed by atoms with Crippen molar-refractivity contribution in [3.63, 3.8) is 0 Å². The van der Waals surface area contributed by atoms with Crippen LogP contribution in [0.3, 0.4) is 0 Å². The van der Waals surface area contributed by atoms with E-state index < -0.39 is 7.12 Å². The highest BCUT2D eigenvalue weighted by atomic mass is 16.7. The number of tetrazole rings is 2. The molecule has 0 atom stereocenters. The van der Waals surface area contributed by atoms with Crippen LogP contribution in [0.1, 0.15) is 27.7 Å². The Kier molecular flexibility index (Phi) is 6.57. The van der Waals surface area contributed by atoms with Crippen LogP contribution in [-0.2, 0) is 9.31 Å².